The number of hydrogen-bond acceptors (Lipinski definition) is 8. The number of carbonyl (C=O) groups excluding carboxylic acids is 1. The molecule has 4 aromatic rings. The van der Waals surface area contributed by atoms with Crippen LogP contribution in [0.2, 0.25) is 0 Å². The third-order valence-electron chi connectivity index (χ3n) is 8.19. The van der Waals surface area contributed by atoms with E-state index in [1.165, 1.54) is 0 Å². The van der Waals surface area contributed by atoms with Crippen molar-refractivity contribution in [3.05, 3.63) is 83.6 Å². The second-order valence-electron chi connectivity index (χ2n) is 11.9. The Morgan fingerprint density at radius 1 is 1.07 bits per heavy atom. The van der Waals surface area contributed by atoms with Gasteiger partial charge in [0.25, 0.3) is 0 Å². The Balaban J connectivity index is 1.52. The fraction of sp³-hybridized carbons (Fsp3) is 0.371. The lowest BCUT2D eigenvalue weighted by Gasteiger charge is -2.29. The zero-order valence-electron chi connectivity index (χ0n) is 26.5. The van der Waals surface area contributed by atoms with Crippen molar-refractivity contribution in [2.45, 2.75) is 75.8 Å². The van der Waals surface area contributed by atoms with Crippen LogP contribution in [0.15, 0.2) is 71.8 Å². The molecule has 0 spiro atoms. The number of pyridine rings is 1. The quantitative estimate of drug-likeness (QED) is 0.183. The molecule has 1 aromatic heterocycles. The van der Waals surface area contributed by atoms with Crippen molar-refractivity contribution < 1.29 is 22.7 Å². The number of aryl methyl sites for hydroxylation is 1. The molecular weight excluding hydrogens is 588 g/mol. The monoisotopic (exact) mass is 630 g/mol. The minimum absolute atomic E-state index is 0.0595. The average Bonchev–Trinajstić information content (AvgIpc) is 2.97. The number of rotatable bonds is 12. The van der Waals surface area contributed by atoms with Gasteiger partial charge in [-0.25, -0.2) is 13.4 Å². The molecule has 1 aliphatic rings. The van der Waals surface area contributed by atoms with E-state index in [-0.39, 0.29) is 23.8 Å². The van der Waals surface area contributed by atoms with Crippen molar-refractivity contribution in [2.75, 3.05) is 24.7 Å². The van der Waals surface area contributed by atoms with Crippen LogP contribution in [0.1, 0.15) is 62.8 Å². The van der Waals surface area contributed by atoms with Crippen LogP contribution in [0.3, 0.4) is 0 Å². The number of amides is 1. The Hall–Kier alpha value is -4.31. The van der Waals surface area contributed by atoms with Crippen LogP contribution in [0.25, 0.3) is 10.8 Å². The average molecular weight is 631 g/mol. The number of nitrogens with two attached hydrogens (primary N) is 1. The lowest BCUT2D eigenvalue weighted by Crippen LogP contribution is -2.36. The minimum Gasteiger partial charge on any atom is -0.490 e. The number of nitrogens with zero attached hydrogens (tertiary/aromatic N) is 2. The standard InChI is InChI=1S/C35H42N4O5S/c1-6-43-31-18-24(14-17-30(31)44-22(2)3)33(38-26-15-16-28-29(19-26)23(4)20-37-34(28)36)35(40)39(5)21-25-10-7-8-13-32(25)45(41,42)27-11-9-12-27/h7-8,10,13-20,22,27,33,38H,6,9,11-12,21H2,1-5H3,(H2,36,37). The highest BCUT2D eigenvalue weighted by Gasteiger charge is 2.34. The summed E-state index contributed by atoms with van der Waals surface area (Å²) in [4.78, 5) is 20.5. The number of nitrogen functional groups attached to an aromatic ring is 1. The number of hydrogen-bond donors (Lipinski definition) is 2. The van der Waals surface area contributed by atoms with E-state index < -0.39 is 15.9 Å². The molecule has 10 heteroatoms. The first-order chi connectivity index (χ1) is 21.5. The number of anilines is 2. The number of likely N-dealkylation sites (N-methyl/N-ethyl adjacent to an activating group) is 1. The van der Waals surface area contributed by atoms with E-state index in [1.807, 2.05) is 70.2 Å². The van der Waals surface area contributed by atoms with Gasteiger partial charge >= 0.3 is 0 Å². The Kier molecular flexibility index (Phi) is 9.53. The van der Waals surface area contributed by atoms with Crippen LogP contribution >= 0.6 is 0 Å². The molecule has 0 aliphatic heterocycles. The van der Waals surface area contributed by atoms with Gasteiger partial charge in [-0.05, 0) is 99.0 Å². The molecule has 1 amide bonds. The second kappa shape index (κ2) is 13.4. The maximum absolute atomic E-state index is 14.3. The third kappa shape index (κ3) is 6.86. The molecule has 1 atom stereocenters. The molecule has 1 aliphatic carbocycles. The molecule has 238 valence electrons. The van der Waals surface area contributed by atoms with E-state index in [4.69, 9.17) is 15.2 Å². The largest absolute Gasteiger partial charge is 0.490 e. The predicted octanol–water partition coefficient (Wildman–Crippen LogP) is 6.45. The second-order valence-corrected chi connectivity index (χ2v) is 14.1. The molecule has 1 fully saturated rings. The first-order valence-electron chi connectivity index (χ1n) is 15.4. The minimum atomic E-state index is -3.48. The summed E-state index contributed by atoms with van der Waals surface area (Å²) in [6.45, 7) is 8.30. The molecule has 45 heavy (non-hydrogen) atoms. The molecule has 3 N–H and O–H groups in total. The van der Waals surface area contributed by atoms with Crippen LogP contribution in [-0.4, -0.2) is 49.2 Å². The van der Waals surface area contributed by atoms with Crippen molar-refractivity contribution in [2.24, 2.45) is 0 Å². The van der Waals surface area contributed by atoms with Gasteiger partial charge in [-0.1, -0.05) is 30.7 Å². The normalized spacial score (nSPS) is 14.2. The molecular formula is C35H42N4O5S. The third-order valence-corrected chi connectivity index (χ3v) is 10.6. The summed E-state index contributed by atoms with van der Waals surface area (Å²) >= 11 is 0. The van der Waals surface area contributed by atoms with Crippen LogP contribution in [-0.2, 0) is 21.2 Å². The fourth-order valence-electron chi connectivity index (χ4n) is 5.59. The summed E-state index contributed by atoms with van der Waals surface area (Å²) in [7, 11) is -1.78. The molecule has 0 bridgehead atoms. The highest BCUT2D eigenvalue weighted by atomic mass is 32.2. The maximum atomic E-state index is 14.3. The predicted molar refractivity (Wildman–Crippen MR) is 178 cm³/mol. The first kappa shape index (κ1) is 32.1. The Labute approximate surface area is 265 Å². The summed E-state index contributed by atoms with van der Waals surface area (Å²) in [6.07, 6.45) is 3.93. The van der Waals surface area contributed by atoms with E-state index >= 15 is 0 Å². The molecule has 0 radical (unpaired) electrons. The highest BCUT2D eigenvalue weighted by Crippen LogP contribution is 2.36. The van der Waals surface area contributed by atoms with Crippen LogP contribution in [0, 0.1) is 6.92 Å². The lowest BCUT2D eigenvalue weighted by atomic mass is 10.00. The Morgan fingerprint density at radius 3 is 2.51 bits per heavy atom. The molecule has 3 aromatic carbocycles. The summed E-state index contributed by atoms with van der Waals surface area (Å²) in [5.41, 5.74) is 9.08. The van der Waals surface area contributed by atoms with Gasteiger partial charge in [0.05, 0.1) is 22.9 Å². The van der Waals surface area contributed by atoms with Crippen molar-refractivity contribution >= 4 is 38.0 Å². The summed E-state index contributed by atoms with van der Waals surface area (Å²) in [5.74, 6) is 1.33. The molecule has 9 nitrogen and oxygen atoms in total. The van der Waals surface area contributed by atoms with Gasteiger partial charge < -0.3 is 25.4 Å². The van der Waals surface area contributed by atoms with Crippen molar-refractivity contribution in [3.63, 3.8) is 0 Å². The van der Waals surface area contributed by atoms with E-state index in [0.717, 1.165) is 28.4 Å². The van der Waals surface area contributed by atoms with Crippen LogP contribution in [0.4, 0.5) is 11.5 Å². The smallest absolute Gasteiger partial charge is 0.249 e. The molecule has 1 heterocycles. The number of aromatic nitrogens is 1. The van der Waals surface area contributed by atoms with Crippen LogP contribution < -0.4 is 20.5 Å². The van der Waals surface area contributed by atoms with Gasteiger partial charge in [0.2, 0.25) is 5.91 Å². The number of benzene rings is 3. The van der Waals surface area contributed by atoms with E-state index in [9.17, 15) is 13.2 Å². The van der Waals surface area contributed by atoms with Gasteiger partial charge in [-0.3, -0.25) is 4.79 Å². The number of carbonyl (C=O) groups is 1. The first-order valence-corrected chi connectivity index (χ1v) is 17.0. The van der Waals surface area contributed by atoms with Gasteiger partial charge in [-0.15, -0.1) is 0 Å². The fourth-order valence-corrected chi connectivity index (χ4v) is 7.67. The highest BCUT2D eigenvalue weighted by molar-refractivity contribution is 7.92. The van der Waals surface area contributed by atoms with Gasteiger partial charge in [0.15, 0.2) is 21.3 Å². The Bertz CT molecular complexity index is 1800. The summed E-state index contributed by atoms with van der Waals surface area (Å²) < 4.78 is 38.7. The van der Waals surface area contributed by atoms with E-state index in [2.05, 4.69) is 10.3 Å². The summed E-state index contributed by atoms with van der Waals surface area (Å²) in [6, 6.07) is 17.4. The molecule has 5 rings (SSSR count). The Morgan fingerprint density at radius 2 is 1.82 bits per heavy atom. The lowest BCUT2D eigenvalue weighted by molar-refractivity contribution is -0.131. The van der Waals surface area contributed by atoms with Gasteiger partial charge in [-0.2, -0.15) is 0 Å². The zero-order chi connectivity index (χ0) is 32.3. The SMILES string of the molecule is CCOc1cc(C(Nc2ccc3c(N)ncc(C)c3c2)C(=O)N(C)Cc2ccccc2S(=O)(=O)C2CCC2)ccc1OC(C)C. The van der Waals surface area contributed by atoms with E-state index in [0.29, 0.717) is 52.8 Å². The molecule has 1 saturated carbocycles. The number of nitrogens with one attached hydrogen (secondary N) is 1. The van der Waals surface area contributed by atoms with Crippen LogP contribution in [0.5, 0.6) is 11.5 Å². The van der Waals surface area contributed by atoms with Crippen molar-refractivity contribution in [1.82, 2.24) is 9.88 Å². The number of fused-ring (bicyclic) bond motifs is 1. The maximum Gasteiger partial charge on any atom is 0.249 e. The van der Waals surface area contributed by atoms with Crippen molar-refractivity contribution in [3.8, 4) is 11.5 Å². The van der Waals surface area contributed by atoms with E-state index in [1.54, 1.807) is 36.3 Å². The van der Waals surface area contributed by atoms with Gasteiger partial charge in [0.1, 0.15) is 11.9 Å². The van der Waals surface area contributed by atoms with Gasteiger partial charge in [0, 0.05) is 30.9 Å². The number of ether oxygens (including phenoxy) is 2. The zero-order valence-corrected chi connectivity index (χ0v) is 27.4. The number of sulfone groups is 1. The topological polar surface area (TPSA) is 124 Å². The van der Waals surface area contributed by atoms with Crippen molar-refractivity contribution in [1.29, 1.82) is 0 Å². The molecule has 1 unspecified atom stereocenters. The molecule has 0 saturated heterocycles. The summed E-state index contributed by atoms with van der Waals surface area (Å²) in [5, 5.41) is 4.84.